The first-order valence-electron chi connectivity index (χ1n) is 3.66. The number of aromatic hydroxyl groups is 1. The molecule has 2 amide bonds. The van der Waals surface area contributed by atoms with E-state index in [4.69, 9.17) is 0 Å². The lowest BCUT2D eigenvalue weighted by molar-refractivity contribution is 0.0332. The van der Waals surface area contributed by atoms with Gasteiger partial charge in [-0.15, -0.1) is 0 Å². The lowest BCUT2D eigenvalue weighted by Crippen LogP contribution is -2.31. The Bertz CT molecular complexity index is 364. The van der Waals surface area contributed by atoms with Gasteiger partial charge in [0.05, 0.1) is 0 Å². The maximum absolute atomic E-state index is 11.1. The monoisotopic (exact) mass is 196 g/mol. The van der Waals surface area contributed by atoms with E-state index >= 15 is 0 Å². The molecule has 4 N–H and O–H groups in total. The van der Waals surface area contributed by atoms with E-state index in [1.807, 2.05) is 0 Å². The predicted octanol–water partition coefficient (Wildman–Crippen LogP) is 0.132. The molecule has 6 nitrogen and oxygen atoms in total. The summed E-state index contributed by atoms with van der Waals surface area (Å²) in [6.45, 7) is 0. The number of hydrogen-bond acceptors (Lipinski definition) is 4. The van der Waals surface area contributed by atoms with Gasteiger partial charge >= 0.3 is 12.0 Å². The molecule has 0 fully saturated rings. The van der Waals surface area contributed by atoms with E-state index in [2.05, 4.69) is 10.6 Å². The molecular formula is C8H8N2O4. The summed E-state index contributed by atoms with van der Waals surface area (Å²) in [5.74, 6) is -1.12. The zero-order valence-corrected chi connectivity index (χ0v) is 7.06. The maximum Gasteiger partial charge on any atom is 0.366 e. The molecule has 0 aromatic heterocycles. The lowest BCUT2D eigenvalue weighted by Gasteiger charge is -2.03. The van der Waals surface area contributed by atoms with Gasteiger partial charge in [-0.3, -0.25) is 0 Å². The van der Waals surface area contributed by atoms with Crippen LogP contribution in [0.4, 0.5) is 4.79 Å². The Kier molecular flexibility index (Phi) is 2.90. The summed E-state index contributed by atoms with van der Waals surface area (Å²) in [5, 5.41) is 9.20. The van der Waals surface area contributed by atoms with Crippen LogP contribution in [0, 0.1) is 0 Å². The molecule has 1 aromatic rings. The summed E-state index contributed by atoms with van der Waals surface area (Å²) in [6, 6.07) is 4.77. The van der Waals surface area contributed by atoms with Crippen LogP contribution < -0.4 is 11.2 Å². The molecule has 0 aliphatic heterocycles. The molecule has 6 heteroatoms. The smallest absolute Gasteiger partial charge is 0.366 e. The molecule has 0 saturated heterocycles. The molecule has 0 radical (unpaired) electrons. The molecule has 74 valence electrons. The van der Waals surface area contributed by atoms with Crippen molar-refractivity contribution in [1.29, 1.82) is 0 Å². The van der Waals surface area contributed by atoms with Crippen molar-refractivity contribution in [2.24, 2.45) is 5.73 Å². The molecule has 14 heavy (non-hydrogen) atoms. The summed E-state index contributed by atoms with van der Waals surface area (Å²) >= 11 is 0. The molecule has 0 aliphatic carbocycles. The third kappa shape index (κ3) is 2.37. The molecule has 0 unspecified atom stereocenters. The second kappa shape index (κ2) is 4.13. The Morgan fingerprint density at radius 1 is 1.36 bits per heavy atom. The number of phenols is 1. The van der Waals surface area contributed by atoms with Crippen molar-refractivity contribution in [2.45, 2.75) is 0 Å². The second-order valence-electron chi connectivity index (χ2n) is 2.37. The van der Waals surface area contributed by atoms with Crippen molar-refractivity contribution < 1.29 is 19.5 Å². The van der Waals surface area contributed by atoms with Crippen LogP contribution >= 0.6 is 0 Å². The first-order valence-corrected chi connectivity index (χ1v) is 3.66. The van der Waals surface area contributed by atoms with E-state index < -0.39 is 12.0 Å². The summed E-state index contributed by atoms with van der Waals surface area (Å²) in [6.07, 6.45) is 0. The fraction of sp³-hybridized carbons (Fsp3) is 0. The minimum atomic E-state index is -0.992. The van der Waals surface area contributed by atoms with Crippen LogP contribution in [0.25, 0.3) is 0 Å². The van der Waals surface area contributed by atoms with E-state index in [9.17, 15) is 14.7 Å². The average Bonchev–Trinajstić information content (AvgIpc) is 2.15. The fourth-order valence-corrected chi connectivity index (χ4v) is 0.798. The highest BCUT2D eigenvalue weighted by Gasteiger charge is 2.12. The van der Waals surface area contributed by atoms with E-state index in [-0.39, 0.29) is 11.3 Å². The van der Waals surface area contributed by atoms with Crippen LogP contribution in [-0.4, -0.2) is 17.1 Å². The van der Waals surface area contributed by atoms with Gasteiger partial charge in [-0.1, -0.05) is 12.1 Å². The topological polar surface area (TPSA) is 102 Å². The van der Waals surface area contributed by atoms with Gasteiger partial charge in [0.15, 0.2) is 0 Å². The number of carbonyl (C=O) groups is 2. The fourth-order valence-electron chi connectivity index (χ4n) is 0.798. The Morgan fingerprint density at radius 2 is 2.00 bits per heavy atom. The highest BCUT2D eigenvalue weighted by molar-refractivity contribution is 5.92. The Morgan fingerprint density at radius 3 is 2.57 bits per heavy atom. The molecular weight excluding hydrogens is 188 g/mol. The van der Waals surface area contributed by atoms with Crippen LogP contribution in [-0.2, 0) is 4.84 Å². The van der Waals surface area contributed by atoms with Gasteiger partial charge in [-0.25, -0.2) is 9.59 Å². The number of benzene rings is 1. The van der Waals surface area contributed by atoms with Crippen molar-refractivity contribution in [2.75, 3.05) is 0 Å². The number of urea groups is 1. The standard InChI is InChI=1S/C8H8N2O4/c9-8(13)10-14-7(12)5-3-1-2-4-6(5)11/h1-4,11H,(H3,9,10,13). The van der Waals surface area contributed by atoms with Gasteiger partial charge in [0.1, 0.15) is 11.3 Å². The highest BCUT2D eigenvalue weighted by Crippen LogP contribution is 2.15. The van der Waals surface area contributed by atoms with Crippen molar-refractivity contribution in [3.05, 3.63) is 29.8 Å². The van der Waals surface area contributed by atoms with Gasteiger partial charge in [0.25, 0.3) is 0 Å². The molecule has 0 aliphatic rings. The number of hydrogen-bond donors (Lipinski definition) is 3. The van der Waals surface area contributed by atoms with Crippen molar-refractivity contribution in [3.63, 3.8) is 0 Å². The van der Waals surface area contributed by atoms with Crippen LogP contribution in [0.5, 0.6) is 5.75 Å². The SMILES string of the molecule is NC(=O)NOC(=O)c1ccccc1O. The maximum atomic E-state index is 11.1. The largest absolute Gasteiger partial charge is 0.507 e. The van der Waals surface area contributed by atoms with Gasteiger partial charge < -0.3 is 15.7 Å². The Balaban J connectivity index is 2.70. The first-order chi connectivity index (χ1) is 6.61. The minimum absolute atomic E-state index is 0.0544. The number of primary amides is 1. The summed E-state index contributed by atoms with van der Waals surface area (Å²) < 4.78 is 0. The Labute approximate surface area is 79.2 Å². The number of nitrogens with one attached hydrogen (secondary N) is 1. The molecule has 0 atom stereocenters. The first kappa shape index (κ1) is 9.85. The number of rotatable bonds is 1. The van der Waals surface area contributed by atoms with E-state index in [1.165, 1.54) is 12.1 Å². The molecule has 0 spiro atoms. The quantitative estimate of drug-likeness (QED) is 0.555. The molecule has 0 saturated carbocycles. The summed E-state index contributed by atoms with van der Waals surface area (Å²) in [5.41, 5.74) is 6.26. The highest BCUT2D eigenvalue weighted by atomic mass is 16.7. The predicted molar refractivity (Wildman–Crippen MR) is 46.2 cm³/mol. The van der Waals surface area contributed by atoms with Crippen LogP contribution in [0.15, 0.2) is 24.3 Å². The van der Waals surface area contributed by atoms with Gasteiger partial charge in [-0.05, 0) is 12.1 Å². The van der Waals surface area contributed by atoms with Crippen molar-refractivity contribution in [1.82, 2.24) is 5.48 Å². The molecule has 0 bridgehead atoms. The Hall–Kier alpha value is -2.24. The van der Waals surface area contributed by atoms with Gasteiger partial charge in [-0.2, -0.15) is 5.48 Å². The normalized spacial score (nSPS) is 9.14. The van der Waals surface area contributed by atoms with Crippen LogP contribution in [0.2, 0.25) is 0 Å². The van der Waals surface area contributed by atoms with E-state index in [0.29, 0.717) is 0 Å². The lowest BCUT2D eigenvalue weighted by atomic mass is 10.2. The van der Waals surface area contributed by atoms with Crippen LogP contribution in [0.1, 0.15) is 10.4 Å². The minimum Gasteiger partial charge on any atom is -0.507 e. The second-order valence-corrected chi connectivity index (χ2v) is 2.37. The van der Waals surface area contributed by atoms with E-state index in [1.54, 1.807) is 17.6 Å². The number of carbonyl (C=O) groups excluding carboxylic acids is 2. The number of hydroxylamine groups is 1. The zero-order valence-electron chi connectivity index (χ0n) is 7.06. The number of amides is 2. The van der Waals surface area contributed by atoms with Crippen LogP contribution in [0.3, 0.4) is 0 Å². The summed E-state index contributed by atoms with van der Waals surface area (Å²) in [4.78, 5) is 25.6. The number of nitrogens with two attached hydrogens (primary N) is 1. The van der Waals surface area contributed by atoms with E-state index in [0.717, 1.165) is 0 Å². The van der Waals surface area contributed by atoms with Gasteiger partial charge in [0, 0.05) is 0 Å². The molecule has 1 aromatic carbocycles. The van der Waals surface area contributed by atoms with Gasteiger partial charge in [0.2, 0.25) is 0 Å². The molecule has 1 rings (SSSR count). The number of para-hydroxylation sites is 1. The average molecular weight is 196 g/mol. The van der Waals surface area contributed by atoms with Crippen molar-refractivity contribution in [3.8, 4) is 5.75 Å². The van der Waals surface area contributed by atoms with Crippen molar-refractivity contribution >= 4 is 12.0 Å². The number of phenolic OH excluding ortho intramolecular Hbond substituents is 1. The third-order valence-electron chi connectivity index (χ3n) is 1.37. The third-order valence-corrected chi connectivity index (χ3v) is 1.37. The molecule has 0 heterocycles. The zero-order chi connectivity index (χ0) is 10.6. The summed E-state index contributed by atoms with van der Waals surface area (Å²) in [7, 11) is 0.